The highest BCUT2D eigenvalue weighted by molar-refractivity contribution is 7.86. The van der Waals surface area contributed by atoms with Gasteiger partial charge in [0, 0.05) is 28.9 Å². The van der Waals surface area contributed by atoms with Crippen LogP contribution in [-0.2, 0) is 30.4 Å². The van der Waals surface area contributed by atoms with Crippen molar-refractivity contribution in [2.45, 2.75) is 28.5 Å². The molecule has 0 saturated carbocycles. The number of hydrogen-bond donors (Lipinski definition) is 6. The fraction of sp³-hybridized carbons (Fsp3) is 0.105. The molecule has 0 fully saturated rings. The molecule has 0 amide bonds. The van der Waals surface area contributed by atoms with E-state index < -0.39 is 51.6 Å². The van der Waals surface area contributed by atoms with Gasteiger partial charge < -0.3 is 25.6 Å². The molecule has 7 N–H and O–H groups in total. The van der Waals surface area contributed by atoms with Crippen molar-refractivity contribution in [1.29, 1.82) is 0 Å². The third-order valence-electron chi connectivity index (χ3n) is 8.83. The summed E-state index contributed by atoms with van der Waals surface area (Å²) in [5.41, 5.74) is 8.14. The highest BCUT2D eigenvalue weighted by Crippen LogP contribution is 2.44. The Hall–Kier alpha value is -6.89. The average Bonchev–Trinajstić information content (AvgIpc) is 3.19. The van der Waals surface area contributed by atoms with Crippen LogP contribution in [0.4, 0.5) is 51.2 Å². The third kappa shape index (κ3) is 9.95. The van der Waals surface area contributed by atoms with E-state index in [-0.39, 0.29) is 38.5 Å². The van der Waals surface area contributed by atoms with Gasteiger partial charge in [-0.2, -0.15) is 40.6 Å². The topological polar surface area (TPSA) is 314 Å². The van der Waals surface area contributed by atoms with Crippen molar-refractivity contribution in [1.82, 2.24) is 0 Å². The highest BCUT2D eigenvalue weighted by Gasteiger charge is 2.23. The van der Waals surface area contributed by atoms with Gasteiger partial charge in [0.1, 0.15) is 38.4 Å². The zero-order valence-electron chi connectivity index (χ0n) is 32.2. The molecule has 6 aromatic carbocycles. The van der Waals surface area contributed by atoms with E-state index in [0.717, 1.165) is 12.1 Å². The zero-order valence-corrected chi connectivity index (χ0v) is 34.6. The molecule has 20 nitrogen and oxygen atoms in total. The molecule has 0 unspecified atom stereocenters. The third-order valence-corrected chi connectivity index (χ3v) is 11.5. The van der Waals surface area contributed by atoms with Gasteiger partial charge in [-0.3, -0.25) is 13.7 Å². The lowest BCUT2D eigenvalue weighted by molar-refractivity contribution is 0.415. The van der Waals surface area contributed by atoms with Crippen molar-refractivity contribution in [2.24, 2.45) is 30.7 Å². The van der Waals surface area contributed by atoms with E-state index in [0.29, 0.717) is 45.3 Å². The van der Waals surface area contributed by atoms with Gasteiger partial charge in [-0.15, -0.1) is 15.3 Å². The minimum atomic E-state index is -5.00. The molecule has 6 aromatic rings. The first-order valence-corrected chi connectivity index (χ1v) is 21.6. The van der Waals surface area contributed by atoms with Crippen LogP contribution in [-0.4, -0.2) is 58.2 Å². The Bertz CT molecular complexity index is 3160. The number of phenolic OH excluding ortho intramolecular Hbond substituents is 1. The molecular weight excluding hydrogens is 857 g/mol. The first-order valence-electron chi connectivity index (χ1n) is 17.3. The van der Waals surface area contributed by atoms with Crippen molar-refractivity contribution in [2.75, 3.05) is 25.3 Å². The minimum Gasteiger partial charge on any atom is -0.505 e. The molecule has 0 aliphatic carbocycles. The summed E-state index contributed by atoms with van der Waals surface area (Å²) >= 11 is 0. The van der Waals surface area contributed by atoms with Crippen LogP contribution < -0.4 is 20.5 Å². The molecule has 0 bridgehead atoms. The second-order valence-corrected chi connectivity index (χ2v) is 17.2. The number of rotatable bonds is 13. The van der Waals surface area contributed by atoms with E-state index in [4.69, 9.17) is 15.2 Å². The maximum absolute atomic E-state index is 12.6. The van der Waals surface area contributed by atoms with Gasteiger partial charge in [0.2, 0.25) is 0 Å². The normalized spacial score (nSPS) is 12.5. The number of benzene rings is 6. The Morgan fingerprint density at radius 2 is 1.07 bits per heavy atom. The number of azo groups is 3. The van der Waals surface area contributed by atoms with Crippen LogP contribution >= 0.6 is 0 Å². The maximum Gasteiger partial charge on any atom is 0.296 e. The Morgan fingerprint density at radius 3 is 1.61 bits per heavy atom. The molecule has 6 rings (SSSR count). The lowest BCUT2D eigenvalue weighted by Gasteiger charge is -2.13. The first kappa shape index (κ1) is 43.7. The lowest BCUT2D eigenvalue weighted by Crippen LogP contribution is -2.04. The predicted octanol–water partition coefficient (Wildman–Crippen LogP) is 9.49. The predicted molar refractivity (Wildman–Crippen MR) is 224 cm³/mol. The van der Waals surface area contributed by atoms with Gasteiger partial charge in [-0.05, 0) is 109 Å². The number of nitrogens with zero attached hydrogens (tertiary/aromatic N) is 6. The number of hydrogen-bond acceptors (Lipinski definition) is 17. The molecule has 316 valence electrons. The summed E-state index contributed by atoms with van der Waals surface area (Å²) in [6.45, 7) is 3.45. The molecule has 0 atom stereocenters. The largest absolute Gasteiger partial charge is 0.505 e. The van der Waals surface area contributed by atoms with E-state index in [1.165, 1.54) is 80.9 Å². The lowest BCUT2D eigenvalue weighted by atomic mass is 10.1. The summed E-state index contributed by atoms with van der Waals surface area (Å²) in [5.74, 6) is -0.196. The SMILES string of the molecule is COc1cc(N=Nc2ccc(S(=O)(=O)O)cc2)c(C)cc1N=Nc1cc(OC)c(N=Nc2c(S(=O)(=O)O)cc3cc(Nc4ccc(N)c(S(=O)(=O)O)c4)ccc3c2O)cc1C. The Kier molecular flexibility index (Phi) is 12.2. The summed E-state index contributed by atoms with van der Waals surface area (Å²) in [5, 5.41) is 39.6. The van der Waals surface area contributed by atoms with Gasteiger partial charge in [0.25, 0.3) is 30.4 Å². The first-order chi connectivity index (χ1) is 28.7. The van der Waals surface area contributed by atoms with Crippen molar-refractivity contribution < 1.29 is 53.5 Å². The van der Waals surface area contributed by atoms with Crippen molar-refractivity contribution in [3.63, 3.8) is 0 Å². The number of nitrogens with two attached hydrogens (primary N) is 1. The molecule has 0 saturated heterocycles. The number of nitrogens with one attached hydrogen (secondary N) is 1. The fourth-order valence-electron chi connectivity index (χ4n) is 5.76. The summed E-state index contributed by atoms with van der Waals surface area (Å²) in [4.78, 5) is -1.58. The van der Waals surface area contributed by atoms with Crippen LogP contribution in [0.1, 0.15) is 11.1 Å². The van der Waals surface area contributed by atoms with Crippen molar-refractivity contribution in [3.05, 3.63) is 102 Å². The molecule has 23 heteroatoms. The number of nitrogen functional groups attached to an aromatic ring is 1. The molecule has 0 aliphatic heterocycles. The Morgan fingerprint density at radius 1 is 0.557 bits per heavy atom. The number of anilines is 3. The summed E-state index contributed by atoms with van der Waals surface area (Å²) in [7, 11) is -11.2. The van der Waals surface area contributed by atoms with E-state index in [1.54, 1.807) is 26.0 Å². The van der Waals surface area contributed by atoms with Crippen LogP contribution in [0.3, 0.4) is 0 Å². The summed E-state index contributed by atoms with van der Waals surface area (Å²) in [6.07, 6.45) is 0. The van der Waals surface area contributed by atoms with E-state index in [9.17, 15) is 44.0 Å². The van der Waals surface area contributed by atoms with Gasteiger partial charge in [0.15, 0.2) is 5.75 Å². The Labute approximate surface area is 348 Å². The minimum absolute atomic E-state index is 0.0998. The molecule has 61 heavy (non-hydrogen) atoms. The monoisotopic (exact) mass is 890 g/mol. The van der Waals surface area contributed by atoms with Crippen molar-refractivity contribution in [3.8, 4) is 17.2 Å². The molecule has 0 heterocycles. The molecule has 0 aromatic heterocycles. The van der Waals surface area contributed by atoms with E-state index in [1.807, 2.05) is 0 Å². The summed E-state index contributed by atoms with van der Waals surface area (Å²) in [6, 6.07) is 20.6. The Balaban J connectivity index is 1.28. The van der Waals surface area contributed by atoms with Crippen LogP contribution in [0.5, 0.6) is 17.2 Å². The van der Waals surface area contributed by atoms with E-state index in [2.05, 4.69) is 36.0 Å². The second kappa shape index (κ2) is 17.0. The van der Waals surface area contributed by atoms with Gasteiger partial charge in [0.05, 0.1) is 41.9 Å². The van der Waals surface area contributed by atoms with E-state index >= 15 is 0 Å². The molecule has 0 aliphatic rings. The molecular formula is C38H34N8O12S3. The van der Waals surface area contributed by atoms with Gasteiger partial charge >= 0.3 is 0 Å². The van der Waals surface area contributed by atoms with Crippen LogP contribution in [0.2, 0.25) is 0 Å². The zero-order chi connectivity index (χ0) is 44.4. The van der Waals surface area contributed by atoms with Gasteiger partial charge in [-0.1, -0.05) is 0 Å². The summed E-state index contributed by atoms with van der Waals surface area (Å²) < 4.78 is 111. The quantitative estimate of drug-likeness (QED) is 0.0357. The maximum atomic E-state index is 12.6. The molecule has 0 radical (unpaired) electrons. The molecule has 0 spiro atoms. The standard InChI is InChI=1S/C38H34N8O12S3/c1-20-13-31(33(57-3)18-29(20)42-41-23-5-9-26(10-6-23)59(48,49)50)44-43-30-19-34(58-4)32(14-21(30)2)45-46-37-36(61(54,55)56)16-22-15-24(7-11-27(22)38(37)47)40-25-8-12-28(39)35(17-25)60(51,52)53/h5-19,40,47H,39H2,1-4H3,(H,48,49,50)(H,51,52,53)(H,54,55,56). The van der Waals surface area contributed by atoms with Crippen LogP contribution in [0.15, 0.2) is 136 Å². The number of fused-ring (bicyclic) bond motifs is 1. The highest BCUT2D eigenvalue weighted by atomic mass is 32.2. The number of aromatic hydroxyl groups is 1. The number of methoxy groups -OCH3 is 2. The van der Waals surface area contributed by atoms with Crippen LogP contribution in [0, 0.1) is 13.8 Å². The second-order valence-electron chi connectivity index (χ2n) is 13.0. The van der Waals surface area contributed by atoms with Gasteiger partial charge in [-0.25, -0.2) is 0 Å². The fourth-order valence-corrected chi connectivity index (χ4v) is 7.54. The smallest absolute Gasteiger partial charge is 0.296 e. The van der Waals surface area contributed by atoms with Crippen LogP contribution in [0.25, 0.3) is 10.8 Å². The van der Waals surface area contributed by atoms with Crippen molar-refractivity contribution >= 4 is 92.3 Å². The average molecular weight is 891 g/mol. The number of phenols is 1. The number of ether oxygens (including phenoxy) is 2. The number of aryl methyl sites for hydroxylation is 2.